The third kappa shape index (κ3) is 3.62. The fourth-order valence-electron chi connectivity index (χ4n) is 1.81. The van der Waals surface area contributed by atoms with Crippen molar-refractivity contribution in [3.63, 3.8) is 0 Å². The van der Waals surface area contributed by atoms with Crippen LogP contribution in [0, 0.1) is 0 Å². The Bertz CT molecular complexity index is 669. The number of thioether (sulfide) groups is 1. The summed E-state index contributed by atoms with van der Waals surface area (Å²) in [5.74, 6) is -0.432. The molecule has 1 amide bonds. The number of aromatic nitrogens is 2. The van der Waals surface area contributed by atoms with Crippen molar-refractivity contribution in [2.24, 2.45) is 0 Å². The number of anilines is 1. The molecule has 8 heteroatoms. The molecule has 0 aliphatic rings. The average molecular weight is 329 g/mol. The average Bonchev–Trinajstić information content (AvgIpc) is 2.96. The van der Waals surface area contributed by atoms with Gasteiger partial charge in [-0.25, -0.2) is 0 Å². The molecule has 0 saturated heterocycles. The van der Waals surface area contributed by atoms with E-state index in [0.29, 0.717) is 5.69 Å². The van der Waals surface area contributed by atoms with Crippen LogP contribution in [0.1, 0.15) is 18.7 Å². The lowest BCUT2D eigenvalue weighted by atomic mass is 10.2. The first-order valence-electron chi connectivity index (χ1n) is 6.39. The molecule has 0 spiro atoms. The van der Waals surface area contributed by atoms with Crippen LogP contribution in [-0.2, 0) is 11.0 Å². The Hall–Kier alpha value is -1.96. The molecule has 0 aliphatic carbocycles. The number of carbonyl (C=O) groups is 1. The van der Waals surface area contributed by atoms with Gasteiger partial charge in [0.25, 0.3) is 0 Å². The third-order valence-electron chi connectivity index (χ3n) is 3.04. The monoisotopic (exact) mass is 329 g/mol. The molecule has 1 aromatic carbocycles. The summed E-state index contributed by atoms with van der Waals surface area (Å²) in [6.07, 6.45) is -1.50. The van der Waals surface area contributed by atoms with E-state index in [2.05, 4.69) is 10.4 Å². The Morgan fingerprint density at radius 2 is 2.00 bits per heavy atom. The van der Waals surface area contributed by atoms with Crippen molar-refractivity contribution in [1.29, 1.82) is 0 Å². The fourth-order valence-corrected chi connectivity index (χ4v) is 2.36. The van der Waals surface area contributed by atoms with E-state index in [1.165, 1.54) is 18.7 Å². The van der Waals surface area contributed by atoms with Gasteiger partial charge in [-0.3, -0.25) is 9.48 Å². The molecule has 2 rings (SSSR count). The predicted molar refractivity (Wildman–Crippen MR) is 78.8 cm³/mol. The summed E-state index contributed by atoms with van der Waals surface area (Å²) in [7, 11) is 0. The highest BCUT2D eigenvalue weighted by Gasteiger charge is 2.34. The maximum atomic E-state index is 12.5. The molecule has 1 aromatic heterocycles. The molecule has 0 unspecified atom stereocenters. The smallest absolute Gasteiger partial charge is 0.323 e. The number of amides is 1. The second-order valence-electron chi connectivity index (χ2n) is 4.54. The Kier molecular flexibility index (Phi) is 4.80. The summed E-state index contributed by atoms with van der Waals surface area (Å²) in [5, 5.41) is 6.12. The first-order chi connectivity index (χ1) is 10.3. The Morgan fingerprint density at radius 1 is 1.32 bits per heavy atom. The van der Waals surface area contributed by atoms with Crippen LogP contribution in [0.2, 0.25) is 0 Å². The standard InChI is InChI=1S/C14H14F3N3OS/c1-9(20-8-7-12(19-20)14(15,16)17)13(21)18-10-5-3-4-6-11(10)22-2/h3-9H,1-2H3,(H,18,21)/t9-/m1/s1. The maximum absolute atomic E-state index is 12.5. The fraction of sp³-hybridized carbons (Fsp3) is 0.286. The molecule has 0 fully saturated rings. The number of rotatable bonds is 4. The highest BCUT2D eigenvalue weighted by molar-refractivity contribution is 7.98. The van der Waals surface area contributed by atoms with E-state index >= 15 is 0 Å². The van der Waals surface area contributed by atoms with E-state index in [4.69, 9.17) is 0 Å². The lowest BCUT2D eigenvalue weighted by molar-refractivity contribution is -0.141. The predicted octanol–water partition coefficient (Wildman–Crippen LogP) is 3.82. The van der Waals surface area contributed by atoms with Gasteiger partial charge in [0.1, 0.15) is 6.04 Å². The molecule has 0 aliphatic heterocycles. The van der Waals surface area contributed by atoms with E-state index in [9.17, 15) is 18.0 Å². The molecule has 0 saturated carbocycles. The summed E-state index contributed by atoms with van der Waals surface area (Å²) in [4.78, 5) is 13.1. The summed E-state index contributed by atoms with van der Waals surface area (Å²) < 4.78 is 38.6. The molecule has 0 radical (unpaired) electrons. The Balaban J connectivity index is 2.14. The van der Waals surface area contributed by atoms with Gasteiger partial charge in [-0.2, -0.15) is 18.3 Å². The number of nitrogens with zero attached hydrogens (tertiary/aromatic N) is 2. The van der Waals surface area contributed by atoms with E-state index in [0.717, 1.165) is 21.8 Å². The van der Waals surface area contributed by atoms with Gasteiger partial charge in [-0.1, -0.05) is 12.1 Å². The minimum atomic E-state index is -4.52. The maximum Gasteiger partial charge on any atom is 0.435 e. The molecule has 22 heavy (non-hydrogen) atoms. The van der Waals surface area contributed by atoms with Gasteiger partial charge in [0.05, 0.1) is 5.69 Å². The number of benzene rings is 1. The number of carbonyl (C=O) groups excluding carboxylic acids is 1. The third-order valence-corrected chi connectivity index (χ3v) is 3.84. The number of hydrogen-bond donors (Lipinski definition) is 1. The van der Waals surface area contributed by atoms with Gasteiger partial charge < -0.3 is 5.32 Å². The zero-order valence-electron chi connectivity index (χ0n) is 11.9. The van der Waals surface area contributed by atoms with Crippen molar-refractivity contribution in [3.8, 4) is 0 Å². The van der Waals surface area contributed by atoms with Crippen LogP contribution in [-0.4, -0.2) is 21.9 Å². The normalized spacial score (nSPS) is 13.0. The van der Waals surface area contributed by atoms with Crippen molar-refractivity contribution < 1.29 is 18.0 Å². The topological polar surface area (TPSA) is 46.9 Å². The highest BCUT2D eigenvalue weighted by Crippen LogP contribution is 2.28. The van der Waals surface area contributed by atoms with Gasteiger partial charge >= 0.3 is 6.18 Å². The molecular weight excluding hydrogens is 315 g/mol. The van der Waals surface area contributed by atoms with E-state index in [1.807, 2.05) is 18.4 Å². The Morgan fingerprint density at radius 3 is 2.59 bits per heavy atom. The number of alkyl halides is 3. The molecule has 1 N–H and O–H groups in total. The van der Waals surface area contributed by atoms with Crippen LogP contribution in [0.15, 0.2) is 41.4 Å². The van der Waals surface area contributed by atoms with Crippen molar-refractivity contribution in [2.45, 2.75) is 24.0 Å². The number of para-hydroxylation sites is 1. The first-order valence-corrected chi connectivity index (χ1v) is 7.61. The minimum absolute atomic E-state index is 0.432. The zero-order chi connectivity index (χ0) is 16.3. The molecule has 1 heterocycles. The van der Waals surface area contributed by atoms with Crippen molar-refractivity contribution in [1.82, 2.24) is 9.78 Å². The first kappa shape index (κ1) is 16.4. The summed E-state index contributed by atoms with van der Waals surface area (Å²) >= 11 is 1.47. The SMILES string of the molecule is CSc1ccccc1NC(=O)[C@@H](C)n1ccc(C(F)(F)F)n1. The summed E-state index contributed by atoms with van der Waals surface area (Å²) in [6, 6.07) is 7.19. The van der Waals surface area contributed by atoms with Crippen molar-refractivity contribution in [3.05, 3.63) is 42.2 Å². The molecular formula is C14H14F3N3OS. The second-order valence-corrected chi connectivity index (χ2v) is 5.39. The Labute approximate surface area is 129 Å². The number of nitrogens with one attached hydrogen (secondary N) is 1. The van der Waals surface area contributed by atoms with Crippen LogP contribution in [0.3, 0.4) is 0 Å². The number of hydrogen-bond acceptors (Lipinski definition) is 3. The summed E-state index contributed by atoms with van der Waals surface area (Å²) in [5.41, 5.74) is -0.397. The van der Waals surface area contributed by atoms with Gasteiger partial charge in [-0.15, -0.1) is 11.8 Å². The molecule has 2 aromatic rings. The van der Waals surface area contributed by atoms with Crippen molar-refractivity contribution >= 4 is 23.4 Å². The number of halogens is 3. The van der Waals surface area contributed by atoms with E-state index in [1.54, 1.807) is 12.1 Å². The van der Waals surface area contributed by atoms with Crippen molar-refractivity contribution in [2.75, 3.05) is 11.6 Å². The zero-order valence-corrected chi connectivity index (χ0v) is 12.7. The largest absolute Gasteiger partial charge is 0.435 e. The molecule has 118 valence electrons. The van der Waals surface area contributed by atoms with Crippen LogP contribution in [0.25, 0.3) is 0 Å². The highest BCUT2D eigenvalue weighted by atomic mass is 32.2. The minimum Gasteiger partial charge on any atom is -0.323 e. The molecule has 4 nitrogen and oxygen atoms in total. The van der Waals surface area contributed by atoms with Crippen LogP contribution in [0.5, 0.6) is 0 Å². The quantitative estimate of drug-likeness (QED) is 0.868. The van der Waals surface area contributed by atoms with Gasteiger partial charge in [-0.05, 0) is 31.4 Å². The summed E-state index contributed by atoms with van der Waals surface area (Å²) in [6.45, 7) is 1.49. The molecule has 1 atom stereocenters. The van der Waals surface area contributed by atoms with Gasteiger partial charge in [0, 0.05) is 11.1 Å². The van der Waals surface area contributed by atoms with Crippen LogP contribution >= 0.6 is 11.8 Å². The van der Waals surface area contributed by atoms with E-state index < -0.39 is 23.8 Å². The lowest BCUT2D eigenvalue weighted by Gasteiger charge is -2.14. The lowest BCUT2D eigenvalue weighted by Crippen LogP contribution is -2.24. The van der Waals surface area contributed by atoms with Crippen LogP contribution in [0.4, 0.5) is 18.9 Å². The van der Waals surface area contributed by atoms with Gasteiger partial charge in [0.2, 0.25) is 5.91 Å². The van der Waals surface area contributed by atoms with E-state index in [-0.39, 0.29) is 0 Å². The second kappa shape index (κ2) is 6.43. The van der Waals surface area contributed by atoms with Crippen LogP contribution < -0.4 is 5.32 Å². The van der Waals surface area contributed by atoms with Gasteiger partial charge in [0.15, 0.2) is 5.69 Å². The molecule has 0 bridgehead atoms.